The predicted molar refractivity (Wildman–Crippen MR) is 81.4 cm³/mol. The molecule has 3 nitrogen and oxygen atoms in total. The number of nitriles is 1. The Bertz CT molecular complexity index is 640. The van der Waals surface area contributed by atoms with Gasteiger partial charge in [-0.15, -0.1) is 0 Å². The minimum Gasteiger partial charge on any atom is -0.349 e. The molecule has 0 fully saturated rings. The van der Waals surface area contributed by atoms with E-state index in [4.69, 9.17) is 5.26 Å². The van der Waals surface area contributed by atoms with E-state index in [0.717, 1.165) is 12.8 Å². The van der Waals surface area contributed by atoms with E-state index in [1.54, 1.807) is 6.07 Å². The van der Waals surface area contributed by atoms with Crippen molar-refractivity contribution >= 4 is 0 Å². The maximum Gasteiger partial charge on any atom is 0.128 e. The summed E-state index contributed by atoms with van der Waals surface area (Å²) in [4.78, 5) is 0. The Balaban J connectivity index is 2.18. The molecule has 0 spiro atoms. The summed E-state index contributed by atoms with van der Waals surface area (Å²) in [5.41, 5.74) is 2.22. The third kappa shape index (κ3) is 3.71. The molecule has 0 radical (unpaired) electrons. The highest BCUT2D eigenvalue weighted by Gasteiger charge is 2.10. The van der Waals surface area contributed by atoms with Crippen LogP contribution in [0.15, 0.2) is 36.7 Å². The van der Waals surface area contributed by atoms with Gasteiger partial charge in [0.2, 0.25) is 0 Å². The number of hydrogen-bond acceptors (Lipinski definition) is 2. The Morgan fingerprint density at radius 1 is 1.38 bits per heavy atom. The minimum absolute atomic E-state index is 0.275. The van der Waals surface area contributed by atoms with E-state index in [-0.39, 0.29) is 5.82 Å². The fraction of sp³-hybridized carbons (Fsp3) is 0.353. The van der Waals surface area contributed by atoms with Crippen LogP contribution >= 0.6 is 0 Å². The summed E-state index contributed by atoms with van der Waals surface area (Å²) < 4.78 is 15.8. The summed E-state index contributed by atoms with van der Waals surface area (Å²) in [7, 11) is 1.95. The van der Waals surface area contributed by atoms with Crippen LogP contribution in [-0.2, 0) is 6.54 Å². The molecule has 1 N–H and O–H groups in total. The van der Waals surface area contributed by atoms with Crippen LogP contribution in [0.3, 0.4) is 0 Å². The quantitative estimate of drug-likeness (QED) is 0.881. The fourth-order valence-electron chi connectivity index (χ4n) is 2.49. The van der Waals surface area contributed by atoms with Crippen molar-refractivity contribution in [2.24, 2.45) is 0 Å². The van der Waals surface area contributed by atoms with Gasteiger partial charge in [0, 0.05) is 30.5 Å². The van der Waals surface area contributed by atoms with Gasteiger partial charge in [-0.3, -0.25) is 0 Å². The Hall–Kier alpha value is -2.12. The molecule has 0 saturated heterocycles. The first-order valence-electron chi connectivity index (χ1n) is 7.19. The molecule has 2 aromatic rings. The molecule has 0 aliphatic carbocycles. The topological polar surface area (TPSA) is 40.8 Å². The lowest BCUT2D eigenvalue weighted by Crippen LogP contribution is -2.15. The Kier molecular flexibility index (Phi) is 5.13. The van der Waals surface area contributed by atoms with E-state index in [9.17, 15) is 4.39 Å². The summed E-state index contributed by atoms with van der Waals surface area (Å²) in [6, 6.07) is 8.89. The van der Waals surface area contributed by atoms with Crippen molar-refractivity contribution in [3.63, 3.8) is 0 Å². The maximum absolute atomic E-state index is 13.8. The highest BCUT2D eigenvalue weighted by Crippen LogP contribution is 2.19. The van der Waals surface area contributed by atoms with E-state index in [1.165, 1.54) is 17.7 Å². The molecule has 0 aliphatic heterocycles. The molecule has 0 aliphatic rings. The van der Waals surface area contributed by atoms with Crippen LogP contribution < -0.4 is 5.32 Å². The molecule has 21 heavy (non-hydrogen) atoms. The lowest BCUT2D eigenvalue weighted by Gasteiger charge is -2.13. The number of nitrogens with zero attached hydrogens (tertiary/aromatic N) is 2. The summed E-state index contributed by atoms with van der Waals surface area (Å²) in [5.74, 6) is -0.275. The maximum atomic E-state index is 13.8. The van der Waals surface area contributed by atoms with E-state index in [1.807, 2.05) is 30.1 Å². The van der Waals surface area contributed by atoms with Gasteiger partial charge in [0.1, 0.15) is 5.82 Å². The predicted octanol–water partition coefficient (Wildman–Crippen LogP) is 3.61. The largest absolute Gasteiger partial charge is 0.349 e. The molecule has 2 rings (SSSR count). The van der Waals surface area contributed by atoms with Crippen LogP contribution in [0.5, 0.6) is 0 Å². The monoisotopic (exact) mass is 285 g/mol. The molecule has 1 heterocycles. The van der Waals surface area contributed by atoms with Crippen molar-refractivity contribution in [2.75, 3.05) is 7.05 Å². The molecule has 1 unspecified atom stereocenters. The number of benzene rings is 1. The van der Waals surface area contributed by atoms with Crippen LogP contribution in [0, 0.1) is 17.1 Å². The second-order valence-electron chi connectivity index (χ2n) is 5.17. The van der Waals surface area contributed by atoms with Crippen molar-refractivity contribution in [1.82, 2.24) is 9.88 Å². The molecule has 0 saturated carbocycles. The fourth-order valence-corrected chi connectivity index (χ4v) is 2.49. The zero-order valence-electron chi connectivity index (χ0n) is 12.4. The molecule has 1 aromatic carbocycles. The van der Waals surface area contributed by atoms with E-state index in [2.05, 4.69) is 18.3 Å². The first kappa shape index (κ1) is 15.3. The summed E-state index contributed by atoms with van der Waals surface area (Å²) in [6.45, 7) is 2.59. The van der Waals surface area contributed by atoms with Crippen LogP contribution in [0.2, 0.25) is 0 Å². The van der Waals surface area contributed by atoms with Crippen LogP contribution in [0.1, 0.15) is 42.5 Å². The van der Waals surface area contributed by atoms with Crippen LogP contribution in [-0.4, -0.2) is 11.6 Å². The van der Waals surface area contributed by atoms with Crippen LogP contribution in [0.4, 0.5) is 4.39 Å². The summed E-state index contributed by atoms with van der Waals surface area (Å²) >= 11 is 0. The van der Waals surface area contributed by atoms with Crippen LogP contribution in [0.25, 0.3) is 0 Å². The zero-order valence-corrected chi connectivity index (χ0v) is 12.4. The molecule has 110 valence electrons. The highest BCUT2D eigenvalue weighted by atomic mass is 19.1. The van der Waals surface area contributed by atoms with Gasteiger partial charge in [0.25, 0.3) is 0 Å². The highest BCUT2D eigenvalue weighted by molar-refractivity contribution is 5.34. The minimum atomic E-state index is -0.275. The average molecular weight is 285 g/mol. The van der Waals surface area contributed by atoms with Crippen molar-refractivity contribution in [3.05, 3.63) is 59.2 Å². The SMILES string of the molecule is CCCC(NC)c1ccn(Cc2cc(C#N)ccc2F)c1. The molecular weight excluding hydrogens is 265 g/mol. The van der Waals surface area contributed by atoms with Crippen molar-refractivity contribution in [3.8, 4) is 6.07 Å². The Morgan fingerprint density at radius 2 is 2.19 bits per heavy atom. The van der Waals surface area contributed by atoms with E-state index < -0.39 is 0 Å². The van der Waals surface area contributed by atoms with Gasteiger partial charge >= 0.3 is 0 Å². The molecule has 1 atom stereocenters. The normalized spacial score (nSPS) is 12.1. The van der Waals surface area contributed by atoms with Crippen molar-refractivity contribution in [2.45, 2.75) is 32.4 Å². The van der Waals surface area contributed by atoms with Gasteiger partial charge in [-0.25, -0.2) is 4.39 Å². The second kappa shape index (κ2) is 7.05. The van der Waals surface area contributed by atoms with E-state index >= 15 is 0 Å². The molecule has 0 amide bonds. The molecule has 0 bridgehead atoms. The third-order valence-electron chi connectivity index (χ3n) is 3.63. The van der Waals surface area contributed by atoms with Gasteiger partial charge in [0.05, 0.1) is 11.6 Å². The molecule has 4 heteroatoms. The number of halogens is 1. The first-order valence-corrected chi connectivity index (χ1v) is 7.19. The summed E-state index contributed by atoms with van der Waals surface area (Å²) in [6.07, 6.45) is 6.16. The zero-order chi connectivity index (χ0) is 15.2. The number of rotatable bonds is 6. The lowest BCUT2D eigenvalue weighted by molar-refractivity contribution is 0.540. The van der Waals surface area contributed by atoms with Gasteiger partial charge in [0.15, 0.2) is 0 Å². The van der Waals surface area contributed by atoms with Gasteiger partial charge < -0.3 is 9.88 Å². The Labute approximate surface area is 125 Å². The molecule has 1 aromatic heterocycles. The van der Waals surface area contributed by atoms with Gasteiger partial charge in [-0.05, 0) is 43.3 Å². The average Bonchev–Trinajstić information content (AvgIpc) is 2.95. The first-order chi connectivity index (χ1) is 10.2. The number of aromatic nitrogens is 1. The smallest absolute Gasteiger partial charge is 0.128 e. The third-order valence-corrected chi connectivity index (χ3v) is 3.63. The Morgan fingerprint density at radius 3 is 2.86 bits per heavy atom. The van der Waals surface area contributed by atoms with Crippen molar-refractivity contribution < 1.29 is 4.39 Å². The lowest BCUT2D eigenvalue weighted by atomic mass is 10.1. The van der Waals surface area contributed by atoms with Gasteiger partial charge in [-0.2, -0.15) is 5.26 Å². The van der Waals surface area contributed by atoms with Crippen molar-refractivity contribution in [1.29, 1.82) is 5.26 Å². The molecular formula is C17H20FN3. The van der Waals surface area contributed by atoms with Gasteiger partial charge in [-0.1, -0.05) is 13.3 Å². The van der Waals surface area contributed by atoms with E-state index in [0.29, 0.717) is 23.7 Å². The number of nitrogens with one attached hydrogen (secondary N) is 1. The number of hydrogen-bond donors (Lipinski definition) is 1. The summed E-state index contributed by atoms with van der Waals surface area (Å²) in [5, 5.41) is 12.2. The second-order valence-corrected chi connectivity index (χ2v) is 5.17. The standard InChI is InChI=1S/C17H20FN3/c1-3-4-17(20-2)14-7-8-21(11-14)12-15-9-13(10-19)5-6-16(15)18/h5-9,11,17,20H,3-4,12H2,1-2H3.